The Morgan fingerprint density at radius 1 is 1.25 bits per heavy atom. The molecule has 48 valence electrons. The van der Waals surface area contributed by atoms with Crippen LogP contribution in [0, 0.1) is 17.8 Å². The summed E-state index contributed by atoms with van der Waals surface area (Å²) in [5, 5.41) is 0. The van der Waals surface area contributed by atoms with E-state index >= 15 is 0 Å². The lowest BCUT2D eigenvalue weighted by Gasteiger charge is -2.15. The number of fused-ring (bicyclic) bond motifs is 2. The molecule has 2 fully saturated rings. The molecule has 0 radical (unpaired) electrons. The van der Waals surface area contributed by atoms with Crippen LogP contribution in [0.15, 0.2) is 0 Å². The summed E-state index contributed by atoms with van der Waals surface area (Å²) < 4.78 is 0. The van der Waals surface area contributed by atoms with E-state index in [9.17, 15) is 0 Å². The summed E-state index contributed by atoms with van der Waals surface area (Å²) in [6.45, 7) is 2.42. The fourth-order valence-electron chi connectivity index (χ4n) is 2.56. The Kier molecular flexibility index (Phi) is 0.902. The van der Waals surface area contributed by atoms with E-state index in [2.05, 4.69) is 6.92 Å². The van der Waals surface area contributed by atoms with Gasteiger partial charge in [-0.1, -0.05) is 13.3 Å². The van der Waals surface area contributed by atoms with Gasteiger partial charge in [0, 0.05) is 1.43 Å². The number of hydrogen-bond acceptors (Lipinski definition) is 0. The van der Waals surface area contributed by atoms with Crippen molar-refractivity contribution >= 4 is 0 Å². The SMILES string of the molecule is C[C@@H]1C[C@H]2CC[C@@H]1C2.[HH]. The van der Waals surface area contributed by atoms with E-state index in [0.29, 0.717) is 0 Å². The highest BCUT2D eigenvalue weighted by Gasteiger charge is 2.36. The molecule has 3 atom stereocenters. The number of rotatable bonds is 0. The van der Waals surface area contributed by atoms with Gasteiger partial charge in [0.15, 0.2) is 0 Å². The average Bonchev–Trinajstić information content (AvgIpc) is 2.23. The average molecular weight is 112 g/mol. The maximum atomic E-state index is 2.42. The van der Waals surface area contributed by atoms with Gasteiger partial charge in [0.05, 0.1) is 0 Å². The van der Waals surface area contributed by atoms with E-state index in [1.807, 2.05) is 0 Å². The second-order valence-corrected chi connectivity index (χ2v) is 3.65. The standard InChI is InChI=1S/C8H14.H2/c1-6-4-7-2-3-8(6)5-7;/h6-8H,2-5H2,1H3;1H/t6-,7-,8-;/m1./s1. The second-order valence-electron chi connectivity index (χ2n) is 3.65. The van der Waals surface area contributed by atoms with Crippen molar-refractivity contribution in [1.29, 1.82) is 0 Å². The summed E-state index contributed by atoms with van der Waals surface area (Å²) in [6, 6.07) is 0. The summed E-state index contributed by atoms with van der Waals surface area (Å²) in [6.07, 6.45) is 6.21. The van der Waals surface area contributed by atoms with Crippen LogP contribution in [0.2, 0.25) is 0 Å². The third-order valence-electron chi connectivity index (χ3n) is 3.09. The first-order chi connectivity index (χ1) is 3.86. The van der Waals surface area contributed by atoms with Crippen LogP contribution in [0.4, 0.5) is 0 Å². The largest absolute Gasteiger partial charge is 0.0622 e. The van der Waals surface area contributed by atoms with E-state index in [0.717, 1.165) is 17.8 Å². The van der Waals surface area contributed by atoms with Crippen LogP contribution in [-0.2, 0) is 0 Å². The van der Waals surface area contributed by atoms with Crippen molar-refractivity contribution < 1.29 is 1.43 Å². The van der Waals surface area contributed by atoms with E-state index in [4.69, 9.17) is 0 Å². The van der Waals surface area contributed by atoms with E-state index < -0.39 is 0 Å². The summed E-state index contributed by atoms with van der Waals surface area (Å²) in [4.78, 5) is 0. The Balaban J connectivity index is 0.000000405. The highest BCUT2D eigenvalue weighted by Crippen LogP contribution is 2.47. The maximum absolute atomic E-state index is 2.42. The molecule has 0 amide bonds. The van der Waals surface area contributed by atoms with Crippen LogP contribution in [0.1, 0.15) is 34.0 Å². The molecule has 0 aromatic rings. The van der Waals surface area contributed by atoms with E-state index in [-0.39, 0.29) is 1.43 Å². The molecule has 0 nitrogen and oxygen atoms in total. The van der Waals surface area contributed by atoms with Crippen molar-refractivity contribution in [3.63, 3.8) is 0 Å². The minimum Gasteiger partial charge on any atom is -0.0622 e. The van der Waals surface area contributed by atoms with Crippen LogP contribution in [0.5, 0.6) is 0 Å². The van der Waals surface area contributed by atoms with Crippen molar-refractivity contribution in [3.8, 4) is 0 Å². The quantitative estimate of drug-likeness (QED) is 0.452. The Bertz CT molecular complexity index is 98.7. The molecule has 0 heteroatoms. The highest BCUT2D eigenvalue weighted by molar-refractivity contribution is 4.87. The molecule has 2 rings (SSSR count). The monoisotopic (exact) mass is 112 g/mol. The van der Waals surface area contributed by atoms with Gasteiger partial charge in [-0.25, -0.2) is 0 Å². The predicted molar refractivity (Wildman–Crippen MR) is 36.7 cm³/mol. The van der Waals surface area contributed by atoms with Gasteiger partial charge in [-0.3, -0.25) is 0 Å². The third-order valence-corrected chi connectivity index (χ3v) is 3.09. The van der Waals surface area contributed by atoms with Gasteiger partial charge < -0.3 is 0 Å². The first-order valence-corrected chi connectivity index (χ1v) is 3.86. The lowest BCUT2D eigenvalue weighted by Crippen LogP contribution is -2.04. The van der Waals surface area contributed by atoms with Crippen LogP contribution < -0.4 is 0 Å². The first kappa shape index (κ1) is 4.84. The lowest BCUT2D eigenvalue weighted by atomic mass is 9.91. The van der Waals surface area contributed by atoms with Crippen molar-refractivity contribution in [2.75, 3.05) is 0 Å². The van der Waals surface area contributed by atoms with Crippen LogP contribution in [0.25, 0.3) is 0 Å². The smallest absolute Gasteiger partial charge is 0 e. The van der Waals surface area contributed by atoms with Crippen molar-refractivity contribution in [3.05, 3.63) is 0 Å². The summed E-state index contributed by atoms with van der Waals surface area (Å²) >= 11 is 0. The fourth-order valence-corrected chi connectivity index (χ4v) is 2.56. The molecule has 0 saturated heterocycles. The maximum Gasteiger partial charge on any atom is 0 e. The second kappa shape index (κ2) is 1.49. The van der Waals surface area contributed by atoms with E-state index in [1.54, 1.807) is 25.7 Å². The van der Waals surface area contributed by atoms with Crippen LogP contribution in [-0.4, -0.2) is 0 Å². The van der Waals surface area contributed by atoms with Gasteiger partial charge >= 0.3 is 0 Å². The summed E-state index contributed by atoms with van der Waals surface area (Å²) in [5.41, 5.74) is 0. The molecule has 0 N–H and O–H groups in total. The summed E-state index contributed by atoms with van der Waals surface area (Å²) in [5.74, 6) is 3.36. The third kappa shape index (κ3) is 0.519. The van der Waals surface area contributed by atoms with Crippen LogP contribution >= 0.6 is 0 Å². The van der Waals surface area contributed by atoms with Gasteiger partial charge in [-0.15, -0.1) is 0 Å². The Morgan fingerprint density at radius 2 is 2.12 bits per heavy atom. The zero-order valence-corrected chi connectivity index (χ0v) is 5.56. The molecule has 2 aliphatic carbocycles. The van der Waals surface area contributed by atoms with Crippen molar-refractivity contribution in [1.82, 2.24) is 0 Å². The minimum atomic E-state index is 0. The van der Waals surface area contributed by atoms with Crippen molar-refractivity contribution in [2.45, 2.75) is 32.6 Å². The minimum absolute atomic E-state index is 0. The molecule has 2 saturated carbocycles. The molecule has 8 heavy (non-hydrogen) atoms. The Morgan fingerprint density at radius 3 is 2.38 bits per heavy atom. The number of hydrogen-bond donors (Lipinski definition) is 0. The van der Waals surface area contributed by atoms with Gasteiger partial charge in [0.2, 0.25) is 0 Å². The highest BCUT2D eigenvalue weighted by atomic mass is 14.4. The predicted octanol–water partition coefficient (Wildman–Crippen LogP) is 2.69. The molecular formula is C8H16. The normalized spacial score (nSPS) is 52.9. The molecule has 2 aliphatic rings. The molecule has 0 unspecified atom stereocenters. The zero-order chi connectivity index (χ0) is 5.56. The molecule has 0 aromatic heterocycles. The fraction of sp³-hybridized carbons (Fsp3) is 1.00. The molecule has 2 bridgehead atoms. The van der Waals surface area contributed by atoms with Gasteiger partial charge in [-0.05, 0) is 37.0 Å². The zero-order valence-electron chi connectivity index (χ0n) is 5.56. The van der Waals surface area contributed by atoms with Crippen molar-refractivity contribution in [2.24, 2.45) is 17.8 Å². The molecule has 0 heterocycles. The van der Waals surface area contributed by atoms with Gasteiger partial charge in [0.25, 0.3) is 0 Å². The van der Waals surface area contributed by atoms with Crippen LogP contribution in [0.3, 0.4) is 0 Å². The first-order valence-electron chi connectivity index (χ1n) is 3.86. The topological polar surface area (TPSA) is 0 Å². The molecular weight excluding hydrogens is 96.1 g/mol. The van der Waals surface area contributed by atoms with E-state index in [1.165, 1.54) is 0 Å². The molecule has 0 spiro atoms. The van der Waals surface area contributed by atoms with Gasteiger partial charge in [-0.2, -0.15) is 0 Å². The molecule has 0 aromatic carbocycles. The Hall–Kier alpha value is 0. The Labute approximate surface area is 52.8 Å². The molecule has 0 aliphatic heterocycles. The lowest BCUT2D eigenvalue weighted by molar-refractivity contribution is 0.360. The summed E-state index contributed by atoms with van der Waals surface area (Å²) in [7, 11) is 0. The van der Waals surface area contributed by atoms with Gasteiger partial charge in [0.1, 0.15) is 0 Å².